The van der Waals surface area contributed by atoms with Gasteiger partial charge >= 0.3 is 0 Å². The Hall–Kier alpha value is -2.15. The molecule has 3 rings (SSSR count). The SMILES string of the molecule is O=[C]CCCCc1cccc2cc3ccccc3cc12. The van der Waals surface area contributed by atoms with Crippen molar-refractivity contribution in [2.75, 3.05) is 0 Å². The Morgan fingerprint density at radius 1 is 0.800 bits per heavy atom. The van der Waals surface area contributed by atoms with E-state index in [0.29, 0.717) is 6.42 Å². The van der Waals surface area contributed by atoms with Gasteiger partial charge in [-0.3, -0.25) is 4.79 Å². The first kappa shape index (κ1) is 12.9. The number of unbranched alkanes of at least 4 members (excludes halogenated alkanes) is 2. The van der Waals surface area contributed by atoms with Crippen molar-refractivity contribution >= 4 is 27.8 Å². The maximum Gasteiger partial charge on any atom is 0.198 e. The maximum atomic E-state index is 10.3. The molecule has 3 aromatic rings. The highest BCUT2D eigenvalue weighted by Gasteiger charge is 2.03. The maximum absolute atomic E-state index is 10.3. The highest BCUT2D eigenvalue weighted by molar-refractivity contribution is 5.99. The number of aryl methyl sites for hydroxylation is 1. The van der Waals surface area contributed by atoms with E-state index in [1.54, 1.807) is 0 Å². The van der Waals surface area contributed by atoms with Gasteiger partial charge in [-0.1, -0.05) is 42.5 Å². The van der Waals surface area contributed by atoms with Gasteiger partial charge in [-0.2, -0.15) is 0 Å². The minimum atomic E-state index is 0.549. The van der Waals surface area contributed by atoms with Crippen LogP contribution in [0.2, 0.25) is 0 Å². The molecule has 0 spiro atoms. The fourth-order valence-corrected chi connectivity index (χ4v) is 2.76. The second-order valence-electron chi connectivity index (χ2n) is 5.19. The quantitative estimate of drug-likeness (QED) is 0.475. The molecule has 0 bridgehead atoms. The van der Waals surface area contributed by atoms with E-state index >= 15 is 0 Å². The molecule has 1 heteroatoms. The lowest BCUT2D eigenvalue weighted by molar-refractivity contribution is 0.547. The van der Waals surface area contributed by atoms with Gasteiger partial charge < -0.3 is 0 Å². The molecule has 0 saturated carbocycles. The molecule has 1 radical (unpaired) electrons. The zero-order chi connectivity index (χ0) is 13.8. The van der Waals surface area contributed by atoms with Crippen molar-refractivity contribution in [3.63, 3.8) is 0 Å². The molecule has 0 aromatic heterocycles. The predicted molar refractivity (Wildman–Crippen MR) is 84.7 cm³/mol. The van der Waals surface area contributed by atoms with Gasteiger partial charge in [0, 0.05) is 6.42 Å². The number of hydrogen-bond acceptors (Lipinski definition) is 1. The van der Waals surface area contributed by atoms with Crippen molar-refractivity contribution in [2.45, 2.75) is 25.7 Å². The summed E-state index contributed by atoms with van der Waals surface area (Å²) in [5, 5.41) is 5.20. The second-order valence-corrected chi connectivity index (χ2v) is 5.19. The van der Waals surface area contributed by atoms with Crippen LogP contribution in [-0.2, 0) is 11.2 Å². The first-order valence-electron chi connectivity index (χ1n) is 7.14. The van der Waals surface area contributed by atoms with E-state index in [2.05, 4.69) is 54.6 Å². The van der Waals surface area contributed by atoms with E-state index in [9.17, 15) is 4.79 Å². The summed E-state index contributed by atoms with van der Waals surface area (Å²) in [6.45, 7) is 0. The minimum Gasteiger partial charge on any atom is -0.291 e. The Morgan fingerprint density at radius 2 is 1.55 bits per heavy atom. The highest BCUT2D eigenvalue weighted by Crippen LogP contribution is 2.26. The Morgan fingerprint density at radius 3 is 2.35 bits per heavy atom. The first-order chi connectivity index (χ1) is 9.88. The normalized spacial score (nSPS) is 11.0. The smallest absolute Gasteiger partial charge is 0.198 e. The third kappa shape index (κ3) is 2.57. The minimum absolute atomic E-state index is 0.549. The number of fused-ring (bicyclic) bond motifs is 2. The van der Waals surface area contributed by atoms with Crippen molar-refractivity contribution in [1.82, 2.24) is 0 Å². The first-order valence-corrected chi connectivity index (χ1v) is 7.14. The van der Waals surface area contributed by atoms with Crippen LogP contribution < -0.4 is 0 Å². The Kier molecular flexibility index (Phi) is 3.78. The molecule has 3 aromatic carbocycles. The summed E-state index contributed by atoms with van der Waals surface area (Å²) in [6.07, 6.45) is 5.51. The molecule has 20 heavy (non-hydrogen) atoms. The highest BCUT2D eigenvalue weighted by atomic mass is 16.1. The Bertz CT molecular complexity index is 743. The lowest BCUT2D eigenvalue weighted by atomic mass is 9.97. The molecular formula is C19H17O. The standard InChI is InChI=1S/C19H17O/c20-12-5-1-2-7-15-10-6-11-18-13-16-8-3-4-9-17(16)14-19(15)18/h3-4,6,8-11,13-14H,1-2,5,7H2. The van der Waals surface area contributed by atoms with E-state index < -0.39 is 0 Å². The third-order valence-electron chi connectivity index (χ3n) is 3.81. The topological polar surface area (TPSA) is 17.1 Å². The molecule has 0 aliphatic heterocycles. The van der Waals surface area contributed by atoms with Gasteiger partial charge in [0.05, 0.1) is 0 Å². The monoisotopic (exact) mass is 261 g/mol. The zero-order valence-electron chi connectivity index (χ0n) is 11.4. The molecule has 0 unspecified atom stereocenters. The van der Waals surface area contributed by atoms with E-state index in [4.69, 9.17) is 0 Å². The number of carbonyl (C=O) groups excluding carboxylic acids is 1. The predicted octanol–water partition coefficient (Wildman–Crippen LogP) is 4.82. The van der Waals surface area contributed by atoms with Crippen LogP contribution in [0, 0.1) is 0 Å². The largest absolute Gasteiger partial charge is 0.291 e. The van der Waals surface area contributed by atoms with Crippen LogP contribution in [-0.4, -0.2) is 6.29 Å². The van der Waals surface area contributed by atoms with Crippen molar-refractivity contribution < 1.29 is 4.79 Å². The van der Waals surface area contributed by atoms with E-state index in [1.807, 2.05) is 6.29 Å². The Balaban J connectivity index is 1.99. The van der Waals surface area contributed by atoms with Crippen LogP contribution in [0.5, 0.6) is 0 Å². The summed E-state index contributed by atoms with van der Waals surface area (Å²) in [6, 6.07) is 19.5. The van der Waals surface area contributed by atoms with E-state index in [0.717, 1.165) is 19.3 Å². The van der Waals surface area contributed by atoms with Crippen LogP contribution in [0.15, 0.2) is 54.6 Å². The molecule has 0 fully saturated rings. The third-order valence-corrected chi connectivity index (χ3v) is 3.81. The average Bonchev–Trinajstić information content (AvgIpc) is 2.50. The summed E-state index contributed by atoms with van der Waals surface area (Å²) >= 11 is 0. The van der Waals surface area contributed by atoms with Crippen molar-refractivity contribution in [3.8, 4) is 0 Å². The molecule has 0 aliphatic rings. The summed E-state index contributed by atoms with van der Waals surface area (Å²) < 4.78 is 0. The van der Waals surface area contributed by atoms with Crippen LogP contribution in [0.3, 0.4) is 0 Å². The Labute approximate surface area is 119 Å². The molecule has 0 amide bonds. The summed E-state index contributed by atoms with van der Waals surface area (Å²) in [4.78, 5) is 10.3. The van der Waals surface area contributed by atoms with Crippen LogP contribution >= 0.6 is 0 Å². The van der Waals surface area contributed by atoms with Gasteiger partial charge in [0.15, 0.2) is 6.29 Å². The van der Waals surface area contributed by atoms with E-state index in [1.165, 1.54) is 27.1 Å². The summed E-state index contributed by atoms with van der Waals surface area (Å²) in [5.74, 6) is 0. The van der Waals surface area contributed by atoms with Gasteiger partial charge in [-0.25, -0.2) is 0 Å². The van der Waals surface area contributed by atoms with Crippen molar-refractivity contribution in [3.05, 3.63) is 60.2 Å². The number of rotatable bonds is 5. The zero-order valence-corrected chi connectivity index (χ0v) is 11.4. The molecule has 0 heterocycles. The van der Waals surface area contributed by atoms with Gasteiger partial charge in [0.1, 0.15) is 0 Å². The average molecular weight is 261 g/mol. The lowest BCUT2D eigenvalue weighted by Gasteiger charge is -2.08. The van der Waals surface area contributed by atoms with Gasteiger partial charge in [0.2, 0.25) is 0 Å². The summed E-state index contributed by atoms with van der Waals surface area (Å²) in [7, 11) is 0. The summed E-state index contributed by atoms with van der Waals surface area (Å²) in [5.41, 5.74) is 1.37. The number of hydrogen-bond donors (Lipinski definition) is 0. The van der Waals surface area contributed by atoms with Gasteiger partial charge in [-0.05, 0) is 58.5 Å². The molecule has 0 atom stereocenters. The molecule has 0 aliphatic carbocycles. The molecule has 99 valence electrons. The van der Waals surface area contributed by atoms with E-state index in [-0.39, 0.29) is 0 Å². The molecule has 0 saturated heterocycles. The fraction of sp³-hybridized carbons (Fsp3) is 0.211. The van der Waals surface area contributed by atoms with Gasteiger partial charge in [0.25, 0.3) is 0 Å². The van der Waals surface area contributed by atoms with Gasteiger partial charge in [-0.15, -0.1) is 0 Å². The van der Waals surface area contributed by atoms with Crippen LogP contribution in [0.25, 0.3) is 21.5 Å². The fourth-order valence-electron chi connectivity index (χ4n) is 2.76. The van der Waals surface area contributed by atoms with Crippen molar-refractivity contribution in [2.24, 2.45) is 0 Å². The second kappa shape index (κ2) is 5.87. The van der Waals surface area contributed by atoms with Crippen molar-refractivity contribution in [1.29, 1.82) is 0 Å². The lowest BCUT2D eigenvalue weighted by Crippen LogP contribution is -1.89. The number of benzene rings is 3. The van der Waals surface area contributed by atoms with Crippen LogP contribution in [0.1, 0.15) is 24.8 Å². The van der Waals surface area contributed by atoms with Crippen LogP contribution in [0.4, 0.5) is 0 Å². The molecular weight excluding hydrogens is 244 g/mol. The molecule has 0 N–H and O–H groups in total. The molecule has 1 nitrogen and oxygen atoms in total.